The van der Waals surface area contributed by atoms with E-state index in [1.807, 2.05) is 13.8 Å². The molecule has 1 aliphatic rings. The van der Waals surface area contributed by atoms with Gasteiger partial charge in [-0.25, -0.2) is 0 Å². The molecule has 1 nitrogen and oxygen atoms in total. The molecule has 1 rings (SSSR count). The number of rotatable bonds is 1. The lowest BCUT2D eigenvalue weighted by Gasteiger charge is -2.05. The number of aldehydes is 1. The molecule has 0 atom stereocenters. The summed E-state index contributed by atoms with van der Waals surface area (Å²) in [6, 6.07) is 0. The van der Waals surface area contributed by atoms with Gasteiger partial charge in [-0.1, -0.05) is 52.4 Å². The largest absolute Gasteiger partial charge is 0.303 e. The van der Waals surface area contributed by atoms with Crippen molar-refractivity contribution >= 4 is 6.29 Å². The van der Waals surface area contributed by atoms with Crippen molar-refractivity contribution in [3.05, 3.63) is 0 Å². The summed E-state index contributed by atoms with van der Waals surface area (Å²) in [5.74, 6) is 0.204. The minimum Gasteiger partial charge on any atom is -0.303 e. The highest BCUT2D eigenvalue weighted by Gasteiger charge is 1.95. The predicted molar refractivity (Wildman–Crippen MR) is 48.6 cm³/mol. The van der Waals surface area contributed by atoms with E-state index in [0.717, 1.165) is 6.29 Å². The average Bonchev–Trinajstić information content (AvgIpc) is 2.09. The van der Waals surface area contributed by atoms with Crippen molar-refractivity contribution in [2.75, 3.05) is 0 Å². The van der Waals surface area contributed by atoms with Crippen molar-refractivity contribution in [1.29, 1.82) is 0 Å². The third kappa shape index (κ3) is 9.67. The normalized spacial score (nSPS) is 17.0. The summed E-state index contributed by atoms with van der Waals surface area (Å²) in [4.78, 5) is 9.50. The lowest BCUT2D eigenvalue weighted by atomic mass is 10.0. The van der Waals surface area contributed by atoms with Crippen LogP contribution in [-0.2, 0) is 4.79 Å². The molecule has 1 aliphatic carbocycles. The summed E-state index contributed by atoms with van der Waals surface area (Å²) in [6.45, 7) is 3.71. The summed E-state index contributed by atoms with van der Waals surface area (Å²) in [5, 5.41) is 0. The van der Waals surface area contributed by atoms with Gasteiger partial charge in [0, 0.05) is 5.92 Å². The lowest BCUT2D eigenvalue weighted by molar-refractivity contribution is -0.110. The van der Waals surface area contributed by atoms with Crippen LogP contribution in [0.5, 0.6) is 0 Å². The van der Waals surface area contributed by atoms with Crippen molar-refractivity contribution in [1.82, 2.24) is 0 Å². The van der Waals surface area contributed by atoms with E-state index in [2.05, 4.69) is 0 Å². The topological polar surface area (TPSA) is 17.1 Å². The van der Waals surface area contributed by atoms with Crippen LogP contribution in [-0.4, -0.2) is 6.29 Å². The van der Waals surface area contributed by atoms with E-state index in [1.165, 1.54) is 38.5 Å². The Balaban J connectivity index is 0.000000187. The summed E-state index contributed by atoms with van der Waals surface area (Å²) in [6.07, 6.45) is 9.92. The van der Waals surface area contributed by atoms with E-state index < -0.39 is 0 Å². The minimum absolute atomic E-state index is 0.204. The van der Waals surface area contributed by atoms with E-state index in [4.69, 9.17) is 0 Å². The zero-order valence-corrected chi connectivity index (χ0v) is 7.81. The molecule has 66 valence electrons. The molecule has 11 heavy (non-hydrogen) atoms. The Hall–Kier alpha value is -0.330. The second-order valence-electron chi connectivity index (χ2n) is 3.50. The summed E-state index contributed by atoms with van der Waals surface area (Å²) < 4.78 is 0. The molecule has 0 heterocycles. The van der Waals surface area contributed by atoms with Gasteiger partial charge in [0.2, 0.25) is 0 Å². The molecule has 1 saturated carbocycles. The van der Waals surface area contributed by atoms with Gasteiger partial charge in [-0.2, -0.15) is 0 Å². The monoisotopic (exact) mass is 156 g/mol. The fourth-order valence-electron chi connectivity index (χ4n) is 1.06. The second-order valence-corrected chi connectivity index (χ2v) is 3.50. The van der Waals surface area contributed by atoms with Gasteiger partial charge in [-0.3, -0.25) is 0 Å². The molecule has 0 aromatic heterocycles. The maximum atomic E-state index is 9.50. The first-order valence-electron chi connectivity index (χ1n) is 4.72. The molecule has 0 amide bonds. The molecule has 0 aromatic rings. The third-order valence-electron chi connectivity index (χ3n) is 1.77. The Morgan fingerprint density at radius 1 is 0.909 bits per heavy atom. The number of hydrogen-bond donors (Lipinski definition) is 0. The summed E-state index contributed by atoms with van der Waals surface area (Å²) in [5.41, 5.74) is 0. The first kappa shape index (κ1) is 10.7. The first-order chi connectivity index (χ1) is 5.27. The van der Waals surface area contributed by atoms with Crippen LogP contribution in [0.1, 0.15) is 52.4 Å². The summed E-state index contributed by atoms with van der Waals surface area (Å²) >= 11 is 0. The smallest absolute Gasteiger partial charge is 0.122 e. The molecule has 0 aromatic carbocycles. The highest BCUT2D eigenvalue weighted by Crippen LogP contribution is 2.15. The highest BCUT2D eigenvalue weighted by molar-refractivity contribution is 5.51. The zero-order valence-electron chi connectivity index (χ0n) is 7.81. The first-order valence-corrected chi connectivity index (χ1v) is 4.72. The maximum absolute atomic E-state index is 9.50. The quantitative estimate of drug-likeness (QED) is 0.533. The fourth-order valence-corrected chi connectivity index (χ4v) is 1.06. The van der Waals surface area contributed by atoms with E-state index >= 15 is 0 Å². The lowest BCUT2D eigenvalue weighted by Crippen LogP contribution is -1.85. The molecular formula is C10H20O. The molecule has 1 fully saturated rings. The van der Waals surface area contributed by atoms with Crippen LogP contribution in [0.3, 0.4) is 0 Å². The number of carbonyl (C=O) groups excluding carboxylic acids is 1. The van der Waals surface area contributed by atoms with Crippen molar-refractivity contribution in [2.24, 2.45) is 5.92 Å². The van der Waals surface area contributed by atoms with Crippen molar-refractivity contribution in [3.63, 3.8) is 0 Å². The van der Waals surface area contributed by atoms with Gasteiger partial charge in [0.25, 0.3) is 0 Å². The van der Waals surface area contributed by atoms with Crippen LogP contribution >= 0.6 is 0 Å². The van der Waals surface area contributed by atoms with Gasteiger partial charge in [0.1, 0.15) is 6.29 Å². The average molecular weight is 156 g/mol. The van der Waals surface area contributed by atoms with Gasteiger partial charge < -0.3 is 4.79 Å². The van der Waals surface area contributed by atoms with Crippen LogP contribution in [0.2, 0.25) is 0 Å². The molecule has 0 spiro atoms. The van der Waals surface area contributed by atoms with Crippen LogP contribution in [0.25, 0.3) is 0 Å². The SMILES string of the molecule is C1CCCCC1.CC(C)C=O. The molecule has 0 saturated heterocycles. The van der Waals surface area contributed by atoms with Crippen molar-refractivity contribution < 1.29 is 4.79 Å². The Morgan fingerprint density at radius 2 is 1.09 bits per heavy atom. The molecular weight excluding hydrogens is 136 g/mol. The Morgan fingerprint density at radius 3 is 1.18 bits per heavy atom. The fraction of sp³-hybridized carbons (Fsp3) is 0.900. The number of carbonyl (C=O) groups is 1. The van der Waals surface area contributed by atoms with E-state index in [9.17, 15) is 4.79 Å². The van der Waals surface area contributed by atoms with Gasteiger partial charge >= 0.3 is 0 Å². The van der Waals surface area contributed by atoms with Gasteiger partial charge in [0.15, 0.2) is 0 Å². The van der Waals surface area contributed by atoms with Gasteiger partial charge in [0.05, 0.1) is 0 Å². The predicted octanol–water partition coefficient (Wildman–Crippen LogP) is 3.18. The summed E-state index contributed by atoms with van der Waals surface area (Å²) in [7, 11) is 0. The molecule has 0 unspecified atom stereocenters. The Bertz CT molecular complexity index is 71.4. The van der Waals surface area contributed by atoms with Crippen LogP contribution in [0, 0.1) is 5.92 Å². The minimum atomic E-state index is 0.204. The maximum Gasteiger partial charge on any atom is 0.122 e. The van der Waals surface area contributed by atoms with Gasteiger partial charge in [-0.05, 0) is 0 Å². The molecule has 1 heteroatoms. The molecule has 0 N–H and O–H groups in total. The van der Waals surface area contributed by atoms with E-state index in [1.54, 1.807) is 0 Å². The molecule has 0 bridgehead atoms. The van der Waals surface area contributed by atoms with Crippen molar-refractivity contribution in [3.8, 4) is 0 Å². The Kier molecular flexibility index (Phi) is 7.54. The third-order valence-corrected chi connectivity index (χ3v) is 1.77. The van der Waals surface area contributed by atoms with Crippen LogP contribution in [0.4, 0.5) is 0 Å². The van der Waals surface area contributed by atoms with Gasteiger partial charge in [-0.15, -0.1) is 0 Å². The molecule has 0 radical (unpaired) electrons. The Labute approximate surface area is 70.2 Å². The van der Waals surface area contributed by atoms with Crippen LogP contribution in [0.15, 0.2) is 0 Å². The van der Waals surface area contributed by atoms with Crippen LogP contribution < -0.4 is 0 Å². The van der Waals surface area contributed by atoms with E-state index in [0.29, 0.717) is 0 Å². The standard InChI is InChI=1S/C6H12.C4H8O/c1-2-4-6-5-3-1;1-4(2)3-5/h1-6H2;3-4H,1-2H3. The zero-order chi connectivity index (χ0) is 8.53. The number of hydrogen-bond acceptors (Lipinski definition) is 1. The second kappa shape index (κ2) is 7.77. The van der Waals surface area contributed by atoms with Crippen molar-refractivity contribution in [2.45, 2.75) is 52.4 Å². The highest BCUT2D eigenvalue weighted by atomic mass is 16.1. The molecule has 0 aliphatic heterocycles. The van der Waals surface area contributed by atoms with E-state index in [-0.39, 0.29) is 5.92 Å².